The van der Waals surface area contributed by atoms with Gasteiger partial charge in [-0.15, -0.1) is 0 Å². The third-order valence-corrected chi connectivity index (χ3v) is 2.76. The molecule has 1 amide bonds. The van der Waals surface area contributed by atoms with E-state index in [0.29, 0.717) is 11.4 Å². The largest absolute Gasteiger partial charge is 0.396 e. The second-order valence-electron chi connectivity index (χ2n) is 4.13. The molecule has 0 aliphatic heterocycles. The Morgan fingerprint density at radius 3 is 2.78 bits per heavy atom. The lowest BCUT2D eigenvalue weighted by Crippen LogP contribution is -2.28. The lowest BCUT2D eigenvalue weighted by atomic mass is 10.1. The number of aromatic amines is 1. The maximum Gasteiger partial charge on any atom is 0.271 e. The van der Waals surface area contributed by atoms with E-state index in [-0.39, 0.29) is 17.6 Å². The summed E-state index contributed by atoms with van der Waals surface area (Å²) < 4.78 is 5.07. The molecule has 1 atom stereocenters. The molecule has 1 unspecified atom stereocenters. The normalized spacial score (nSPS) is 12.4. The van der Waals surface area contributed by atoms with Gasteiger partial charge in [0.1, 0.15) is 11.5 Å². The lowest BCUT2D eigenvalue weighted by Gasteiger charge is -2.13. The molecule has 0 aromatic carbocycles. The Bertz CT molecular complexity index is 552. The zero-order chi connectivity index (χ0) is 13.3. The van der Waals surface area contributed by atoms with Crippen molar-refractivity contribution in [3.05, 3.63) is 28.9 Å². The summed E-state index contributed by atoms with van der Waals surface area (Å²) in [5, 5.41) is 12.9. The van der Waals surface area contributed by atoms with Crippen molar-refractivity contribution >= 4 is 11.6 Å². The SMILES string of the molecule is Cc1noc(C)c1C(C)NC(=O)c1[nH]ncc1N. The Morgan fingerprint density at radius 2 is 2.28 bits per heavy atom. The molecule has 7 heteroatoms. The van der Waals surface area contributed by atoms with Crippen molar-refractivity contribution in [1.82, 2.24) is 20.7 Å². The Hall–Kier alpha value is -2.31. The maximum absolute atomic E-state index is 11.9. The van der Waals surface area contributed by atoms with E-state index >= 15 is 0 Å². The molecule has 2 rings (SSSR count). The Balaban J connectivity index is 2.16. The van der Waals surface area contributed by atoms with Crippen LogP contribution in [-0.4, -0.2) is 21.3 Å². The molecule has 0 aliphatic carbocycles. The van der Waals surface area contributed by atoms with E-state index in [1.807, 2.05) is 20.8 Å². The third kappa shape index (κ3) is 2.06. The second-order valence-corrected chi connectivity index (χ2v) is 4.13. The van der Waals surface area contributed by atoms with Crippen molar-refractivity contribution in [3.63, 3.8) is 0 Å². The van der Waals surface area contributed by atoms with E-state index in [1.54, 1.807) is 0 Å². The van der Waals surface area contributed by atoms with Crippen molar-refractivity contribution in [1.29, 1.82) is 0 Å². The molecule has 0 saturated heterocycles. The molecule has 18 heavy (non-hydrogen) atoms. The van der Waals surface area contributed by atoms with Crippen LogP contribution in [0.2, 0.25) is 0 Å². The van der Waals surface area contributed by atoms with E-state index < -0.39 is 0 Å². The van der Waals surface area contributed by atoms with Crippen LogP contribution in [0, 0.1) is 13.8 Å². The van der Waals surface area contributed by atoms with Gasteiger partial charge in [-0.2, -0.15) is 5.10 Å². The molecular weight excluding hydrogens is 234 g/mol. The highest BCUT2D eigenvalue weighted by Gasteiger charge is 2.20. The van der Waals surface area contributed by atoms with E-state index in [4.69, 9.17) is 10.3 Å². The van der Waals surface area contributed by atoms with Gasteiger partial charge >= 0.3 is 0 Å². The van der Waals surface area contributed by atoms with Gasteiger partial charge in [0.05, 0.1) is 23.6 Å². The predicted molar refractivity (Wildman–Crippen MR) is 64.9 cm³/mol. The molecule has 2 heterocycles. The second kappa shape index (κ2) is 4.52. The number of carbonyl (C=O) groups is 1. The number of amides is 1. The Morgan fingerprint density at radius 1 is 1.56 bits per heavy atom. The summed E-state index contributed by atoms with van der Waals surface area (Å²) in [7, 11) is 0. The summed E-state index contributed by atoms with van der Waals surface area (Å²) in [6.07, 6.45) is 1.40. The van der Waals surface area contributed by atoms with Crippen molar-refractivity contribution in [2.24, 2.45) is 0 Å². The van der Waals surface area contributed by atoms with Crippen molar-refractivity contribution in [2.75, 3.05) is 5.73 Å². The first-order valence-corrected chi connectivity index (χ1v) is 5.53. The number of aryl methyl sites for hydroxylation is 2. The zero-order valence-electron chi connectivity index (χ0n) is 10.4. The van der Waals surface area contributed by atoms with Gasteiger partial charge in [-0.1, -0.05) is 5.16 Å². The van der Waals surface area contributed by atoms with Gasteiger partial charge in [0.25, 0.3) is 5.91 Å². The standard InChI is InChI=1S/C11H15N5O2/c1-5(9-6(2)16-18-7(9)3)14-11(17)10-8(12)4-13-15-10/h4-5H,12H2,1-3H3,(H,13,15)(H,14,17). The number of hydrogen-bond acceptors (Lipinski definition) is 5. The highest BCUT2D eigenvalue weighted by molar-refractivity contribution is 5.97. The molecule has 0 radical (unpaired) electrons. The van der Waals surface area contributed by atoms with Gasteiger partial charge in [0.2, 0.25) is 0 Å². The smallest absolute Gasteiger partial charge is 0.271 e. The number of nitrogen functional groups attached to an aromatic ring is 1. The van der Waals surface area contributed by atoms with E-state index in [9.17, 15) is 4.79 Å². The van der Waals surface area contributed by atoms with Gasteiger partial charge in [-0.05, 0) is 20.8 Å². The maximum atomic E-state index is 11.9. The predicted octanol–water partition coefficient (Wildman–Crippen LogP) is 1.09. The van der Waals surface area contributed by atoms with Crippen molar-refractivity contribution in [2.45, 2.75) is 26.8 Å². The van der Waals surface area contributed by atoms with Crippen molar-refractivity contribution in [3.8, 4) is 0 Å². The molecule has 2 aromatic rings. The number of aromatic nitrogens is 3. The fourth-order valence-corrected chi connectivity index (χ4v) is 1.93. The molecule has 7 nitrogen and oxygen atoms in total. The summed E-state index contributed by atoms with van der Waals surface area (Å²) in [4.78, 5) is 11.9. The molecule has 0 saturated carbocycles. The first-order valence-electron chi connectivity index (χ1n) is 5.53. The molecule has 0 spiro atoms. The number of H-pyrrole nitrogens is 1. The van der Waals surface area contributed by atoms with Gasteiger partial charge in [0.15, 0.2) is 0 Å². The topological polar surface area (TPSA) is 110 Å². The van der Waals surface area contributed by atoms with Crippen LogP contribution >= 0.6 is 0 Å². The number of hydrogen-bond donors (Lipinski definition) is 3. The minimum absolute atomic E-state index is 0.216. The summed E-state index contributed by atoms with van der Waals surface area (Å²) in [6.45, 7) is 5.50. The van der Waals surface area contributed by atoms with E-state index in [0.717, 1.165) is 11.3 Å². The number of rotatable bonds is 3. The van der Waals surface area contributed by atoms with Gasteiger partial charge in [-0.25, -0.2) is 0 Å². The monoisotopic (exact) mass is 249 g/mol. The quantitative estimate of drug-likeness (QED) is 0.754. The fourth-order valence-electron chi connectivity index (χ4n) is 1.93. The minimum Gasteiger partial charge on any atom is -0.396 e. The van der Waals surface area contributed by atoms with Crippen LogP contribution in [0.15, 0.2) is 10.7 Å². The average Bonchev–Trinajstić information content (AvgIpc) is 2.85. The van der Waals surface area contributed by atoms with Crippen LogP contribution < -0.4 is 11.1 Å². The molecular formula is C11H15N5O2. The number of nitrogens with two attached hydrogens (primary N) is 1. The van der Waals surface area contributed by atoms with Gasteiger partial charge < -0.3 is 15.6 Å². The molecule has 0 bridgehead atoms. The van der Waals surface area contributed by atoms with E-state index in [2.05, 4.69) is 20.7 Å². The summed E-state index contributed by atoms with van der Waals surface area (Å²) >= 11 is 0. The summed E-state index contributed by atoms with van der Waals surface area (Å²) in [6, 6.07) is -0.216. The lowest BCUT2D eigenvalue weighted by molar-refractivity contribution is 0.0935. The summed E-state index contributed by atoms with van der Waals surface area (Å²) in [5.74, 6) is 0.385. The first kappa shape index (κ1) is 12.2. The zero-order valence-corrected chi connectivity index (χ0v) is 10.4. The Kier molecular flexibility index (Phi) is 3.05. The number of anilines is 1. The first-order chi connectivity index (χ1) is 8.50. The summed E-state index contributed by atoms with van der Waals surface area (Å²) in [5.41, 5.74) is 7.82. The average molecular weight is 249 g/mol. The molecule has 2 aromatic heterocycles. The third-order valence-electron chi connectivity index (χ3n) is 2.76. The molecule has 0 fully saturated rings. The van der Waals surface area contributed by atoms with Crippen LogP contribution in [0.5, 0.6) is 0 Å². The highest BCUT2D eigenvalue weighted by Crippen LogP contribution is 2.21. The van der Waals surface area contributed by atoms with Crippen LogP contribution in [0.25, 0.3) is 0 Å². The van der Waals surface area contributed by atoms with Crippen molar-refractivity contribution < 1.29 is 9.32 Å². The Labute approximate surface area is 104 Å². The molecule has 4 N–H and O–H groups in total. The molecule has 96 valence electrons. The van der Waals surface area contributed by atoms with Crippen LogP contribution in [0.1, 0.15) is 40.5 Å². The minimum atomic E-state index is -0.308. The number of nitrogens with one attached hydrogen (secondary N) is 2. The number of carbonyl (C=O) groups excluding carboxylic acids is 1. The van der Waals surface area contributed by atoms with Gasteiger partial charge in [-0.3, -0.25) is 9.89 Å². The fraction of sp³-hybridized carbons (Fsp3) is 0.364. The van der Waals surface area contributed by atoms with Crippen LogP contribution in [0.3, 0.4) is 0 Å². The van der Waals surface area contributed by atoms with Crippen LogP contribution in [-0.2, 0) is 0 Å². The van der Waals surface area contributed by atoms with E-state index in [1.165, 1.54) is 6.20 Å². The highest BCUT2D eigenvalue weighted by atomic mass is 16.5. The van der Waals surface area contributed by atoms with Crippen LogP contribution in [0.4, 0.5) is 5.69 Å². The molecule has 0 aliphatic rings. The number of nitrogens with zero attached hydrogens (tertiary/aromatic N) is 2. The van der Waals surface area contributed by atoms with Gasteiger partial charge in [0, 0.05) is 5.56 Å².